The van der Waals surface area contributed by atoms with E-state index in [1.165, 1.54) is 24.6 Å². The molecule has 10 heteroatoms. The molecular weight excluding hydrogens is 447 g/mol. The molecule has 2 aromatic rings. The fourth-order valence-electron chi connectivity index (χ4n) is 2.96. The predicted molar refractivity (Wildman–Crippen MR) is 104 cm³/mol. The summed E-state index contributed by atoms with van der Waals surface area (Å²) in [6.45, 7) is 6.11. The quantitative estimate of drug-likeness (QED) is 0.627. The molecule has 0 amide bonds. The van der Waals surface area contributed by atoms with E-state index in [1.807, 2.05) is 0 Å². The maximum Gasteiger partial charge on any atom is 0.395 e. The highest BCUT2D eigenvalue weighted by molar-refractivity contribution is 9.10. The van der Waals surface area contributed by atoms with Crippen LogP contribution in [-0.2, 0) is 17.5 Å². The summed E-state index contributed by atoms with van der Waals surface area (Å²) in [5.41, 5.74) is -0.776. The van der Waals surface area contributed by atoms with Crippen LogP contribution in [0, 0.1) is 0 Å². The summed E-state index contributed by atoms with van der Waals surface area (Å²) in [4.78, 5) is 4.29. The Labute approximate surface area is 166 Å². The highest BCUT2D eigenvalue weighted by Gasteiger charge is 2.46. The molecule has 2 aromatic heterocycles. The fraction of sp³-hybridized carbons (Fsp3) is 0.588. The number of aromatic nitrogens is 2. The summed E-state index contributed by atoms with van der Waals surface area (Å²) in [6, 6.07) is 3.13. The van der Waals surface area contributed by atoms with Crippen molar-refractivity contribution in [1.29, 1.82) is 0 Å². The zero-order valence-electron chi connectivity index (χ0n) is 15.5. The van der Waals surface area contributed by atoms with Crippen LogP contribution in [0.5, 0.6) is 0 Å². The number of hydrogen-bond donors (Lipinski definition) is 2. The van der Waals surface area contributed by atoms with Gasteiger partial charge in [0.15, 0.2) is 0 Å². The number of alkyl halides is 3. The first-order chi connectivity index (χ1) is 12.1. The van der Waals surface area contributed by atoms with E-state index in [9.17, 15) is 22.5 Å². The monoisotopic (exact) mass is 469 g/mol. The summed E-state index contributed by atoms with van der Waals surface area (Å²) >= 11 is 3.23. The lowest BCUT2D eigenvalue weighted by Crippen LogP contribution is -2.37. The fourth-order valence-corrected chi connectivity index (χ4v) is 3.59. The number of aliphatic hydroxyl groups is 1. The lowest BCUT2D eigenvalue weighted by Gasteiger charge is -2.28. The molecule has 0 aliphatic rings. The SMILES string of the molecule is CC(C)(O)Cn1cc([C@H](CC(C)(C)S(N)=O)C(F)(F)F)c2ccc(Br)nc21. The van der Waals surface area contributed by atoms with Gasteiger partial charge in [-0.25, -0.2) is 9.19 Å². The van der Waals surface area contributed by atoms with E-state index >= 15 is 0 Å². The second kappa shape index (κ2) is 7.46. The molecule has 0 aliphatic carbocycles. The zero-order valence-corrected chi connectivity index (χ0v) is 17.9. The molecule has 3 N–H and O–H groups in total. The van der Waals surface area contributed by atoms with Crippen LogP contribution < -0.4 is 5.14 Å². The molecule has 0 aromatic carbocycles. The minimum atomic E-state index is -4.56. The highest BCUT2D eigenvalue weighted by atomic mass is 79.9. The number of nitrogens with zero attached hydrogens (tertiary/aromatic N) is 2. The molecule has 0 saturated carbocycles. The first-order valence-electron chi connectivity index (χ1n) is 8.22. The third-order valence-corrected chi connectivity index (χ3v) is 5.98. The van der Waals surface area contributed by atoms with Crippen molar-refractivity contribution in [3.8, 4) is 0 Å². The van der Waals surface area contributed by atoms with E-state index in [0.717, 1.165) is 0 Å². The van der Waals surface area contributed by atoms with Crippen LogP contribution in [0.15, 0.2) is 22.9 Å². The molecule has 0 aliphatic heterocycles. The van der Waals surface area contributed by atoms with Gasteiger partial charge in [0.05, 0.1) is 33.8 Å². The largest absolute Gasteiger partial charge is 0.395 e. The van der Waals surface area contributed by atoms with Crippen LogP contribution in [0.3, 0.4) is 0 Å². The van der Waals surface area contributed by atoms with Gasteiger partial charge in [0.1, 0.15) is 10.3 Å². The van der Waals surface area contributed by atoms with Crippen molar-refractivity contribution in [3.05, 3.63) is 28.5 Å². The Balaban J connectivity index is 2.67. The Morgan fingerprint density at radius 3 is 2.37 bits per heavy atom. The standard InChI is InChI=1S/C17H23BrF3N3O2S/c1-15(2,25)9-24-8-11(10-5-6-13(18)23-14(10)24)12(17(19,20)21)7-16(3,4)27(22)26/h5-6,8,12,25H,7,9,22H2,1-4H3/t12-,27?/m0/s1. The summed E-state index contributed by atoms with van der Waals surface area (Å²) in [5, 5.41) is 15.9. The molecule has 152 valence electrons. The van der Waals surface area contributed by atoms with E-state index in [2.05, 4.69) is 20.9 Å². The van der Waals surface area contributed by atoms with Gasteiger partial charge in [-0.2, -0.15) is 13.2 Å². The van der Waals surface area contributed by atoms with Crippen molar-refractivity contribution in [1.82, 2.24) is 9.55 Å². The van der Waals surface area contributed by atoms with Crippen molar-refractivity contribution >= 4 is 37.9 Å². The van der Waals surface area contributed by atoms with Gasteiger partial charge in [-0.15, -0.1) is 0 Å². The predicted octanol–water partition coefficient (Wildman–Crippen LogP) is 4.01. The number of halogens is 4. The van der Waals surface area contributed by atoms with E-state index in [0.29, 0.717) is 15.6 Å². The summed E-state index contributed by atoms with van der Waals surface area (Å²) in [6.07, 6.45) is -3.62. The Bertz CT molecular complexity index is 859. The van der Waals surface area contributed by atoms with Crippen LogP contribution in [0.25, 0.3) is 11.0 Å². The summed E-state index contributed by atoms with van der Waals surface area (Å²) < 4.78 is 54.3. The average Bonchev–Trinajstić information content (AvgIpc) is 2.79. The van der Waals surface area contributed by atoms with Gasteiger partial charge in [-0.3, -0.25) is 5.14 Å². The highest BCUT2D eigenvalue weighted by Crippen LogP contribution is 2.44. The molecular formula is C17H23BrF3N3O2S. The number of hydrogen-bond acceptors (Lipinski definition) is 3. The normalized spacial score (nSPS) is 15.9. The van der Waals surface area contributed by atoms with Crippen molar-refractivity contribution < 1.29 is 22.5 Å². The molecule has 0 spiro atoms. The topological polar surface area (TPSA) is 81.1 Å². The average molecular weight is 470 g/mol. The molecule has 0 fully saturated rings. The lowest BCUT2D eigenvalue weighted by atomic mass is 9.89. The van der Waals surface area contributed by atoms with E-state index < -0.39 is 39.8 Å². The van der Waals surface area contributed by atoms with Gasteiger partial charge in [-0.1, -0.05) is 0 Å². The van der Waals surface area contributed by atoms with Crippen LogP contribution in [0.4, 0.5) is 13.2 Å². The second-order valence-corrected chi connectivity index (χ2v) is 10.4. The van der Waals surface area contributed by atoms with Crippen molar-refractivity contribution in [2.45, 2.75) is 63.1 Å². The number of pyridine rings is 1. The lowest BCUT2D eigenvalue weighted by molar-refractivity contribution is -0.152. The van der Waals surface area contributed by atoms with Gasteiger partial charge in [0.2, 0.25) is 0 Å². The number of nitrogens with two attached hydrogens (primary N) is 1. The molecule has 2 rings (SSSR count). The van der Waals surface area contributed by atoms with Crippen molar-refractivity contribution in [2.24, 2.45) is 5.14 Å². The summed E-state index contributed by atoms with van der Waals surface area (Å²) in [7, 11) is -1.92. The molecule has 2 atom stereocenters. The van der Waals surface area contributed by atoms with Gasteiger partial charge in [0.25, 0.3) is 0 Å². The van der Waals surface area contributed by atoms with Crippen LogP contribution in [0.2, 0.25) is 0 Å². The number of fused-ring (bicyclic) bond motifs is 1. The van der Waals surface area contributed by atoms with Gasteiger partial charge >= 0.3 is 6.18 Å². The van der Waals surface area contributed by atoms with E-state index in [-0.39, 0.29) is 12.1 Å². The zero-order chi connectivity index (χ0) is 20.8. The third kappa shape index (κ3) is 5.30. The molecule has 0 radical (unpaired) electrons. The maximum atomic E-state index is 13.9. The van der Waals surface area contributed by atoms with E-state index in [4.69, 9.17) is 5.14 Å². The van der Waals surface area contributed by atoms with Crippen LogP contribution in [-0.4, -0.2) is 35.4 Å². The van der Waals surface area contributed by atoms with Crippen LogP contribution >= 0.6 is 15.9 Å². The minimum absolute atomic E-state index is 0.0280. The Hall–Kier alpha value is -0.970. The smallest absolute Gasteiger partial charge is 0.389 e. The molecule has 1 unspecified atom stereocenters. The first kappa shape index (κ1) is 22.3. The van der Waals surface area contributed by atoms with Crippen molar-refractivity contribution in [3.63, 3.8) is 0 Å². The molecule has 27 heavy (non-hydrogen) atoms. The molecule has 5 nitrogen and oxygen atoms in total. The molecule has 0 bridgehead atoms. The Morgan fingerprint density at radius 2 is 1.89 bits per heavy atom. The third-order valence-electron chi connectivity index (χ3n) is 4.29. The van der Waals surface area contributed by atoms with Crippen LogP contribution in [0.1, 0.15) is 45.6 Å². The molecule has 2 heterocycles. The van der Waals surface area contributed by atoms with Crippen molar-refractivity contribution in [2.75, 3.05) is 0 Å². The van der Waals surface area contributed by atoms with Gasteiger partial charge in [0, 0.05) is 11.6 Å². The Morgan fingerprint density at radius 1 is 1.30 bits per heavy atom. The number of rotatable bonds is 6. The molecule has 0 saturated heterocycles. The minimum Gasteiger partial charge on any atom is -0.389 e. The first-order valence-corrected chi connectivity index (χ1v) is 10.2. The van der Waals surface area contributed by atoms with Gasteiger partial charge in [-0.05, 0) is 67.7 Å². The Kier molecular flexibility index (Phi) is 6.16. The second-order valence-electron chi connectivity index (χ2n) is 7.89. The maximum absolute atomic E-state index is 13.9. The summed E-state index contributed by atoms with van der Waals surface area (Å²) in [5.74, 6) is -1.87. The van der Waals surface area contributed by atoms with Gasteiger partial charge < -0.3 is 9.67 Å². The van der Waals surface area contributed by atoms with E-state index in [1.54, 1.807) is 26.0 Å².